The summed E-state index contributed by atoms with van der Waals surface area (Å²) >= 11 is 3.35. The molecule has 2 aromatic carbocycles. The van der Waals surface area contributed by atoms with Gasteiger partial charge in [0, 0.05) is 4.47 Å². The van der Waals surface area contributed by atoms with Crippen molar-refractivity contribution in [2.45, 2.75) is 25.7 Å². The van der Waals surface area contributed by atoms with Crippen molar-refractivity contribution in [2.24, 2.45) is 0 Å². The van der Waals surface area contributed by atoms with Gasteiger partial charge in [0.05, 0.1) is 10.6 Å². The Balaban J connectivity index is 2.42. The highest BCUT2D eigenvalue weighted by Crippen LogP contribution is 2.28. The van der Waals surface area contributed by atoms with Crippen molar-refractivity contribution in [3.63, 3.8) is 0 Å². The zero-order chi connectivity index (χ0) is 15.8. The molecular weight excluding hydrogens is 354 g/mol. The topological polar surface area (TPSA) is 66.4 Å². The van der Waals surface area contributed by atoms with Crippen LogP contribution < -0.4 is 4.72 Å². The molecular formula is C15H16BrNO3S. The minimum atomic E-state index is -3.66. The number of benzene rings is 2. The summed E-state index contributed by atoms with van der Waals surface area (Å²) < 4.78 is 28.3. The Kier molecular flexibility index (Phi) is 4.30. The van der Waals surface area contributed by atoms with Crippen molar-refractivity contribution >= 4 is 31.6 Å². The molecule has 0 saturated heterocycles. The molecule has 0 aliphatic carbocycles. The maximum atomic E-state index is 12.4. The van der Waals surface area contributed by atoms with Crippen LogP contribution in [-0.2, 0) is 10.0 Å². The Morgan fingerprint density at radius 1 is 1.00 bits per heavy atom. The van der Waals surface area contributed by atoms with Crippen LogP contribution in [0.15, 0.2) is 39.7 Å². The van der Waals surface area contributed by atoms with Crippen LogP contribution in [0.3, 0.4) is 0 Å². The summed E-state index contributed by atoms with van der Waals surface area (Å²) in [4.78, 5) is 0.202. The lowest BCUT2D eigenvalue weighted by atomic mass is 10.1. The van der Waals surface area contributed by atoms with E-state index in [2.05, 4.69) is 20.7 Å². The average molecular weight is 370 g/mol. The predicted octanol–water partition coefficient (Wildman–Crippen LogP) is 3.88. The monoisotopic (exact) mass is 369 g/mol. The van der Waals surface area contributed by atoms with E-state index >= 15 is 0 Å². The lowest BCUT2D eigenvalue weighted by Crippen LogP contribution is -2.14. The number of hydrogen-bond acceptors (Lipinski definition) is 3. The molecule has 0 aliphatic rings. The molecule has 2 N–H and O–H groups in total. The van der Waals surface area contributed by atoms with Crippen molar-refractivity contribution in [3.8, 4) is 5.75 Å². The van der Waals surface area contributed by atoms with Crippen LogP contribution in [0, 0.1) is 20.8 Å². The van der Waals surface area contributed by atoms with Gasteiger partial charge in [0.25, 0.3) is 10.0 Å². The highest BCUT2D eigenvalue weighted by Gasteiger charge is 2.16. The summed E-state index contributed by atoms with van der Waals surface area (Å²) in [5, 5.41) is 9.62. The standard InChI is InChI=1S/C15H16BrNO3S/c1-9-6-12(4-5-13(9)16)21(19,20)17-14-7-11(3)15(18)8-10(14)2/h4-8,17-18H,1-3H3. The number of phenolic OH excluding ortho intramolecular Hbond substituents is 1. The second-order valence-electron chi connectivity index (χ2n) is 4.97. The third-order valence-electron chi connectivity index (χ3n) is 3.23. The molecule has 21 heavy (non-hydrogen) atoms. The van der Waals surface area contributed by atoms with E-state index < -0.39 is 10.0 Å². The lowest BCUT2D eigenvalue weighted by molar-refractivity contribution is 0.471. The molecule has 6 heteroatoms. The fourth-order valence-corrected chi connectivity index (χ4v) is 3.35. The van der Waals surface area contributed by atoms with Gasteiger partial charge in [0.1, 0.15) is 5.75 Å². The van der Waals surface area contributed by atoms with Gasteiger partial charge < -0.3 is 5.11 Å². The summed E-state index contributed by atoms with van der Waals surface area (Å²) in [5.74, 6) is 0.148. The van der Waals surface area contributed by atoms with E-state index in [0.29, 0.717) is 16.8 Å². The minimum Gasteiger partial charge on any atom is -0.508 e. The molecule has 0 amide bonds. The number of aromatic hydroxyl groups is 1. The SMILES string of the molecule is Cc1cc(NS(=O)(=O)c2ccc(Br)c(C)c2)c(C)cc1O. The van der Waals surface area contributed by atoms with Gasteiger partial charge in [-0.15, -0.1) is 0 Å². The van der Waals surface area contributed by atoms with Crippen molar-refractivity contribution in [1.82, 2.24) is 0 Å². The average Bonchev–Trinajstić information content (AvgIpc) is 2.39. The molecule has 0 aliphatic heterocycles. The molecule has 112 valence electrons. The molecule has 0 atom stereocenters. The number of sulfonamides is 1. The van der Waals surface area contributed by atoms with Gasteiger partial charge in [-0.25, -0.2) is 8.42 Å². The molecule has 0 radical (unpaired) electrons. The Labute approximate surface area is 133 Å². The van der Waals surface area contributed by atoms with E-state index in [9.17, 15) is 13.5 Å². The maximum Gasteiger partial charge on any atom is 0.261 e. The van der Waals surface area contributed by atoms with Crippen LogP contribution in [0.2, 0.25) is 0 Å². The molecule has 4 nitrogen and oxygen atoms in total. The smallest absolute Gasteiger partial charge is 0.261 e. The largest absolute Gasteiger partial charge is 0.508 e. The summed E-state index contributed by atoms with van der Waals surface area (Å²) in [6.45, 7) is 5.29. The lowest BCUT2D eigenvalue weighted by Gasteiger charge is -2.13. The van der Waals surface area contributed by atoms with E-state index in [1.165, 1.54) is 0 Å². The van der Waals surface area contributed by atoms with Gasteiger partial charge in [-0.1, -0.05) is 15.9 Å². The Hall–Kier alpha value is -1.53. The van der Waals surface area contributed by atoms with Gasteiger partial charge >= 0.3 is 0 Å². The zero-order valence-corrected chi connectivity index (χ0v) is 14.3. The van der Waals surface area contributed by atoms with Crippen LogP contribution in [0.4, 0.5) is 5.69 Å². The van der Waals surface area contributed by atoms with Crippen molar-refractivity contribution in [3.05, 3.63) is 51.5 Å². The zero-order valence-electron chi connectivity index (χ0n) is 11.9. The number of phenols is 1. The number of aryl methyl sites for hydroxylation is 3. The fraction of sp³-hybridized carbons (Fsp3) is 0.200. The highest BCUT2D eigenvalue weighted by molar-refractivity contribution is 9.10. The van der Waals surface area contributed by atoms with Gasteiger partial charge in [-0.05, 0) is 67.8 Å². The van der Waals surface area contributed by atoms with Gasteiger partial charge in [0.2, 0.25) is 0 Å². The maximum absolute atomic E-state index is 12.4. The van der Waals surface area contributed by atoms with E-state index in [4.69, 9.17) is 0 Å². The van der Waals surface area contributed by atoms with E-state index in [0.717, 1.165) is 10.0 Å². The third-order valence-corrected chi connectivity index (χ3v) is 5.48. The second-order valence-corrected chi connectivity index (χ2v) is 7.51. The highest BCUT2D eigenvalue weighted by atomic mass is 79.9. The second kappa shape index (κ2) is 5.69. The number of halogens is 1. The number of nitrogens with one attached hydrogen (secondary N) is 1. The minimum absolute atomic E-state index is 0.148. The number of anilines is 1. The number of rotatable bonds is 3. The van der Waals surface area contributed by atoms with E-state index in [1.54, 1.807) is 44.2 Å². The van der Waals surface area contributed by atoms with Crippen LogP contribution in [-0.4, -0.2) is 13.5 Å². The summed E-state index contributed by atoms with van der Waals surface area (Å²) in [7, 11) is -3.66. The quantitative estimate of drug-likeness (QED) is 0.806. The first-order chi connectivity index (χ1) is 9.70. The van der Waals surface area contributed by atoms with E-state index in [1.807, 2.05) is 6.92 Å². The molecule has 0 aromatic heterocycles. The van der Waals surface area contributed by atoms with Crippen molar-refractivity contribution < 1.29 is 13.5 Å². The molecule has 0 heterocycles. The summed E-state index contributed by atoms with van der Waals surface area (Å²) in [6.07, 6.45) is 0. The van der Waals surface area contributed by atoms with Crippen molar-refractivity contribution in [2.75, 3.05) is 4.72 Å². The van der Waals surface area contributed by atoms with Gasteiger partial charge in [-0.3, -0.25) is 4.72 Å². The fourth-order valence-electron chi connectivity index (χ4n) is 1.90. The molecule has 0 unspecified atom stereocenters. The Bertz CT molecular complexity index is 801. The molecule has 0 spiro atoms. The first-order valence-electron chi connectivity index (χ1n) is 6.30. The van der Waals surface area contributed by atoms with Crippen LogP contribution >= 0.6 is 15.9 Å². The predicted molar refractivity (Wildman–Crippen MR) is 87.3 cm³/mol. The molecule has 0 bridgehead atoms. The van der Waals surface area contributed by atoms with Crippen LogP contribution in [0.1, 0.15) is 16.7 Å². The molecule has 0 saturated carbocycles. The van der Waals surface area contributed by atoms with Gasteiger partial charge in [0.15, 0.2) is 0 Å². The first-order valence-corrected chi connectivity index (χ1v) is 8.57. The summed E-state index contributed by atoms with van der Waals surface area (Å²) in [6, 6.07) is 8.02. The summed E-state index contributed by atoms with van der Waals surface area (Å²) in [5.41, 5.74) is 2.59. The first kappa shape index (κ1) is 15.9. The Morgan fingerprint density at radius 2 is 1.67 bits per heavy atom. The normalized spacial score (nSPS) is 11.4. The molecule has 2 aromatic rings. The molecule has 2 rings (SSSR count). The molecule has 0 fully saturated rings. The Morgan fingerprint density at radius 3 is 2.29 bits per heavy atom. The van der Waals surface area contributed by atoms with Crippen LogP contribution in [0.25, 0.3) is 0 Å². The van der Waals surface area contributed by atoms with Gasteiger partial charge in [-0.2, -0.15) is 0 Å². The van der Waals surface area contributed by atoms with E-state index in [-0.39, 0.29) is 10.6 Å². The van der Waals surface area contributed by atoms with Crippen molar-refractivity contribution in [1.29, 1.82) is 0 Å². The van der Waals surface area contributed by atoms with Crippen LogP contribution in [0.5, 0.6) is 5.75 Å². The number of hydrogen-bond donors (Lipinski definition) is 2. The third kappa shape index (κ3) is 3.39.